The van der Waals surface area contributed by atoms with Crippen molar-refractivity contribution in [2.24, 2.45) is 0 Å². The van der Waals surface area contributed by atoms with Crippen molar-refractivity contribution < 1.29 is 17.9 Å². The summed E-state index contributed by atoms with van der Waals surface area (Å²) in [6.45, 7) is 1.40. The summed E-state index contributed by atoms with van der Waals surface area (Å²) >= 11 is 17.6. The normalized spacial score (nSPS) is 12.5. The number of carbonyl (C=O) groups is 1. The molecule has 1 atom stereocenters. The maximum atomic E-state index is 12.6. The number of rotatable bonds is 6. The van der Waals surface area contributed by atoms with Gasteiger partial charge in [-0.15, -0.1) is 0 Å². The van der Waals surface area contributed by atoms with Crippen LogP contribution in [0.15, 0.2) is 41.3 Å². The molecule has 1 amide bonds. The summed E-state index contributed by atoms with van der Waals surface area (Å²) in [7, 11) is -2.71. The second-order valence-electron chi connectivity index (χ2n) is 5.26. The van der Waals surface area contributed by atoms with Crippen LogP contribution in [0.5, 0.6) is 5.75 Å². The van der Waals surface area contributed by atoms with Crippen LogP contribution in [0.4, 0.5) is 5.69 Å². The summed E-state index contributed by atoms with van der Waals surface area (Å²) in [5.74, 6) is -0.466. The van der Waals surface area contributed by atoms with Gasteiger partial charge >= 0.3 is 0 Å². The Balaban J connectivity index is 2.17. The second-order valence-corrected chi connectivity index (χ2v) is 8.19. The quantitative estimate of drug-likeness (QED) is 0.716. The first-order valence-electron chi connectivity index (χ1n) is 7.26. The van der Waals surface area contributed by atoms with E-state index < -0.39 is 22.0 Å². The van der Waals surface area contributed by atoms with Crippen molar-refractivity contribution in [1.82, 2.24) is 4.72 Å². The molecule has 0 saturated heterocycles. The van der Waals surface area contributed by atoms with Crippen LogP contribution in [0.25, 0.3) is 0 Å². The van der Waals surface area contributed by atoms with E-state index in [0.29, 0.717) is 10.7 Å². The lowest BCUT2D eigenvalue weighted by Crippen LogP contribution is -2.41. The van der Waals surface area contributed by atoms with Gasteiger partial charge in [-0.1, -0.05) is 34.8 Å². The minimum absolute atomic E-state index is 0.110. The Morgan fingerprint density at radius 1 is 1.08 bits per heavy atom. The minimum atomic E-state index is -4.04. The van der Waals surface area contributed by atoms with Crippen LogP contribution in [0.3, 0.4) is 0 Å². The number of anilines is 1. The predicted molar refractivity (Wildman–Crippen MR) is 103 cm³/mol. The molecule has 0 fully saturated rings. The van der Waals surface area contributed by atoms with Gasteiger partial charge in [0.1, 0.15) is 10.6 Å². The topological polar surface area (TPSA) is 84.5 Å². The lowest BCUT2D eigenvalue weighted by Gasteiger charge is -2.16. The number of hydrogen-bond donors (Lipinski definition) is 2. The molecule has 0 saturated carbocycles. The lowest BCUT2D eigenvalue weighted by atomic mass is 10.3. The number of benzene rings is 2. The highest BCUT2D eigenvalue weighted by Crippen LogP contribution is 2.27. The highest BCUT2D eigenvalue weighted by molar-refractivity contribution is 7.89. The van der Waals surface area contributed by atoms with E-state index in [9.17, 15) is 13.2 Å². The van der Waals surface area contributed by atoms with Gasteiger partial charge in [-0.05, 0) is 43.3 Å². The van der Waals surface area contributed by atoms with Gasteiger partial charge in [-0.3, -0.25) is 4.79 Å². The largest absolute Gasteiger partial charge is 0.495 e. The lowest BCUT2D eigenvalue weighted by molar-refractivity contribution is -0.117. The third-order valence-electron chi connectivity index (χ3n) is 3.33. The molecule has 0 spiro atoms. The molecule has 26 heavy (non-hydrogen) atoms. The monoisotopic (exact) mass is 436 g/mol. The Kier molecular flexibility index (Phi) is 6.76. The first-order valence-corrected chi connectivity index (χ1v) is 9.87. The fourth-order valence-electron chi connectivity index (χ4n) is 2.03. The van der Waals surface area contributed by atoms with Crippen LogP contribution in [0, 0.1) is 0 Å². The van der Waals surface area contributed by atoms with Gasteiger partial charge in [0.25, 0.3) is 0 Å². The summed E-state index contributed by atoms with van der Waals surface area (Å²) in [6, 6.07) is 7.63. The smallest absolute Gasteiger partial charge is 0.245 e. The van der Waals surface area contributed by atoms with Crippen molar-refractivity contribution >= 4 is 56.4 Å². The second kappa shape index (κ2) is 8.45. The highest BCUT2D eigenvalue weighted by atomic mass is 35.5. The van der Waals surface area contributed by atoms with Crippen LogP contribution < -0.4 is 14.8 Å². The first-order chi connectivity index (χ1) is 12.1. The van der Waals surface area contributed by atoms with E-state index in [1.807, 2.05) is 0 Å². The number of amides is 1. The molecule has 0 heterocycles. The van der Waals surface area contributed by atoms with Crippen molar-refractivity contribution in [1.29, 1.82) is 0 Å². The van der Waals surface area contributed by atoms with Crippen molar-refractivity contribution in [3.63, 3.8) is 0 Å². The van der Waals surface area contributed by atoms with E-state index in [0.717, 1.165) is 0 Å². The molecule has 0 aliphatic carbocycles. The zero-order chi connectivity index (χ0) is 19.5. The zero-order valence-electron chi connectivity index (χ0n) is 13.7. The molecular formula is C16H15Cl3N2O4S. The maximum Gasteiger partial charge on any atom is 0.245 e. The van der Waals surface area contributed by atoms with E-state index in [4.69, 9.17) is 39.5 Å². The molecule has 0 aliphatic heterocycles. The number of carbonyl (C=O) groups excluding carboxylic acids is 1. The summed E-state index contributed by atoms with van der Waals surface area (Å²) in [5, 5.41) is 3.38. The Labute approximate surface area is 166 Å². The molecule has 0 radical (unpaired) electrons. The molecule has 0 unspecified atom stereocenters. The molecule has 0 aromatic heterocycles. The molecule has 2 rings (SSSR count). The fourth-order valence-corrected chi connectivity index (χ4v) is 3.97. The summed E-state index contributed by atoms with van der Waals surface area (Å²) < 4.78 is 32.4. The van der Waals surface area contributed by atoms with E-state index >= 15 is 0 Å². The van der Waals surface area contributed by atoms with Crippen LogP contribution >= 0.6 is 34.8 Å². The molecule has 140 valence electrons. The van der Waals surface area contributed by atoms with Gasteiger partial charge in [0, 0.05) is 10.7 Å². The van der Waals surface area contributed by atoms with Crippen molar-refractivity contribution in [3.8, 4) is 5.75 Å². The van der Waals surface area contributed by atoms with Gasteiger partial charge in [0.05, 0.1) is 23.2 Å². The number of nitrogens with one attached hydrogen (secondary N) is 2. The highest BCUT2D eigenvalue weighted by Gasteiger charge is 2.25. The molecule has 6 nitrogen and oxygen atoms in total. The van der Waals surface area contributed by atoms with E-state index in [1.54, 1.807) is 6.07 Å². The molecule has 2 aromatic carbocycles. The van der Waals surface area contributed by atoms with Gasteiger partial charge in [-0.25, -0.2) is 8.42 Å². The number of ether oxygens (including phenoxy) is 1. The Morgan fingerprint density at radius 2 is 1.77 bits per heavy atom. The van der Waals surface area contributed by atoms with E-state index in [-0.39, 0.29) is 20.7 Å². The van der Waals surface area contributed by atoms with Crippen LogP contribution in [-0.2, 0) is 14.8 Å². The van der Waals surface area contributed by atoms with Gasteiger partial charge in [0.2, 0.25) is 15.9 Å². The predicted octanol–water partition coefficient (Wildman–Crippen LogP) is 3.96. The molecule has 0 aliphatic rings. The zero-order valence-corrected chi connectivity index (χ0v) is 16.8. The van der Waals surface area contributed by atoms with Crippen molar-refractivity contribution in [3.05, 3.63) is 51.5 Å². The first kappa shape index (κ1) is 20.8. The molecule has 0 bridgehead atoms. The number of sulfonamides is 1. The molecule has 2 N–H and O–H groups in total. The minimum Gasteiger partial charge on any atom is -0.495 e. The maximum absolute atomic E-state index is 12.6. The fraction of sp³-hybridized carbons (Fsp3) is 0.188. The number of methoxy groups -OCH3 is 1. The van der Waals surface area contributed by atoms with Gasteiger partial charge < -0.3 is 10.1 Å². The van der Waals surface area contributed by atoms with Crippen LogP contribution in [-0.4, -0.2) is 27.5 Å². The SMILES string of the molecule is COc1ccc(Cl)cc1S(=O)(=O)N[C@H](C)C(=O)Nc1ccc(Cl)c(Cl)c1. The summed E-state index contributed by atoms with van der Waals surface area (Å²) in [6.07, 6.45) is 0. The summed E-state index contributed by atoms with van der Waals surface area (Å²) in [5.41, 5.74) is 0.385. The third kappa shape index (κ3) is 5.02. The Hall–Kier alpha value is -1.51. The average molecular weight is 438 g/mol. The standard InChI is InChI=1S/C16H15Cl3N2O4S/c1-9(16(22)20-11-4-5-12(18)13(19)8-11)21-26(23,24)15-7-10(17)3-6-14(15)25-2/h3-9,21H,1-2H3,(H,20,22)/t9-/m1/s1. The van der Waals surface area contributed by atoms with Crippen molar-refractivity contribution in [2.45, 2.75) is 17.9 Å². The molecule has 2 aromatic rings. The van der Waals surface area contributed by atoms with E-state index in [1.165, 1.54) is 44.4 Å². The van der Waals surface area contributed by atoms with Crippen molar-refractivity contribution in [2.75, 3.05) is 12.4 Å². The average Bonchev–Trinajstić information content (AvgIpc) is 2.57. The number of halogens is 3. The third-order valence-corrected chi connectivity index (χ3v) is 5.86. The van der Waals surface area contributed by atoms with Gasteiger partial charge in [0.15, 0.2) is 0 Å². The van der Waals surface area contributed by atoms with Crippen LogP contribution in [0.2, 0.25) is 15.1 Å². The number of hydrogen-bond acceptors (Lipinski definition) is 4. The Bertz CT molecular complexity index is 935. The Morgan fingerprint density at radius 3 is 2.38 bits per heavy atom. The van der Waals surface area contributed by atoms with Crippen LogP contribution in [0.1, 0.15) is 6.92 Å². The molecular weight excluding hydrogens is 423 g/mol. The van der Waals surface area contributed by atoms with Gasteiger partial charge in [-0.2, -0.15) is 4.72 Å². The summed E-state index contributed by atoms with van der Waals surface area (Å²) in [4.78, 5) is 12.1. The van der Waals surface area contributed by atoms with E-state index in [2.05, 4.69) is 10.0 Å². The molecule has 10 heteroatoms.